The third-order valence-corrected chi connectivity index (χ3v) is 2.97. The molecule has 2 nitrogen and oxygen atoms in total. The summed E-state index contributed by atoms with van der Waals surface area (Å²) in [6.45, 7) is 0. The van der Waals surface area contributed by atoms with Crippen molar-refractivity contribution in [3.8, 4) is 0 Å². The van der Waals surface area contributed by atoms with Gasteiger partial charge in [-0.1, -0.05) is 59.8 Å². The van der Waals surface area contributed by atoms with Gasteiger partial charge in [0.1, 0.15) is 5.71 Å². The van der Waals surface area contributed by atoms with Crippen LogP contribution in [0.15, 0.2) is 65.8 Å². The molecular formula is C15H11NO. The van der Waals surface area contributed by atoms with E-state index in [1.54, 1.807) is 0 Å². The number of hydrogen-bond donors (Lipinski definition) is 1. The maximum absolute atomic E-state index is 9.02. The molecule has 0 aliphatic heterocycles. The summed E-state index contributed by atoms with van der Waals surface area (Å²) >= 11 is 0. The fourth-order valence-electron chi connectivity index (χ4n) is 2.17. The third kappa shape index (κ3) is 1.54. The molecule has 1 aliphatic carbocycles. The van der Waals surface area contributed by atoms with Crippen LogP contribution in [-0.4, -0.2) is 10.9 Å². The Morgan fingerprint density at radius 1 is 0.765 bits per heavy atom. The number of oxime groups is 1. The molecule has 0 heterocycles. The summed E-state index contributed by atoms with van der Waals surface area (Å²) in [4.78, 5) is 0. The van der Waals surface area contributed by atoms with E-state index in [0.717, 1.165) is 22.3 Å². The van der Waals surface area contributed by atoms with Crippen molar-refractivity contribution in [3.63, 3.8) is 0 Å². The van der Waals surface area contributed by atoms with Crippen LogP contribution in [-0.2, 0) is 0 Å². The summed E-state index contributed by atoms with van der Waals surface area (Å²) in [6, 6.07) is 18.1. The quantitative estimate of drug-likeness (QED) is 0.581. The maximum Gasteiger partial charge on any atom is 0.111 e. The van der Waals surface area contributed by atoms with Gasteiger partial charge in [0.25, 0.3) is 0 Å². The summed E-state index contributed by atoms with van der Waals surface area (Å²) in [6.07, 6.45) is 1.92. The highest BCUT2D eigenvalue weighted by Crippen LogP contribution is 2.32. The highest BCUT2D eigenvalue weighted by molar-refractivity contribution is 6.21. The topological polar surface area (TPSA) is 32.6 Å². The van der Waals surface area contributed by atoms with E-state index in [2.05, 4.69) is 17.3 Å². The molecule has 0 unspecified atom stereocenters. The van der Waals surface area contributed by atoms with Crippen molar-refractivity contribution in [2.24, 2.45) is 5.16 Å². The van der Waals surface area contributed by atoms with E-state index in [-0.39, 0.29) is 0 Å². The van der Waals surface area contributed by atoms with Gasteiger partial charge in [-0.3, -0.25) is 0 Å². The van der Waals surface area contributed by atoms with Crippen LogP contribution < -0.4 is 0 Å². The fourth-order valence-corrected chi connectivity index (χ4v) is 2.17. The lowest BCUT2D eigenvalue weighted by molar-refractivity contribution is 0.320. The number of hydrogen-bond acceptors (Lipinski definition) is 2. The van der Waals surface area contributed by atoms with Crippen molar-refractivity contribution in [2.45, 2.75) is 0 Å². The highest BCUT2D eigenvalue weighted by Gasteiger charge is 2.20. The van der Waals surface area contributed by atoms with Gasteiger partial charge >= 0.3 is 0 Å². The molecule has 0 fully saturated rings. The van der Waals surface area contributed by atoms with Crippen molar-refractivity contribution in [2.75, 3.05) is 0 Å². The first-order valence-electron chi connectivity index (χ1n) is 5.49. The van der Waals surface area contributed by atoms with E-state index in [0.29, 0.717) is 5.71 Å². The lowest BCUT2D eigenvalue weighted by atomic mass is 9.99. The molecule has 0 saturated carbocycles. The van der Waals surface area contributed by atoms with Crippen LogP contribution >= 0.6 is 0 Å². The first-order chi connectivity index (χ1) is 8.40. The second kappa shape index (κ2) is 3.91. The van der Waals surface area contributed by atoms with E-state index < -0.39 is 0 Å². The molecule has 0 aromatic heterocycles. The summed E-state index contributed by atoms with van der Waals surface area (Å²) in [5.41, 5.74) is 4.97. The summed E-state index contributed by atoms with van der Waals surface area (Å²) in [5.74, 6) is 0. The average molecular weight is 221 g/mol. The Morgan fingerprint density at radius 2 is 1.41 bits per heavy atom. The lowest BCUT2D eigenvalue weighted by Gasteiger charge is -2.04. The summed E-state index contributed by atoms with van der Waals surface area (Å²) in [5, 5.41) is 12.4. The molecule has 2 aromatic rings. The van der Waals surface area contributed by atoms with Crippen LogP contribution in [0.3, 0.4) is 0 Å². The molecule has 1 aliphatic rings. The van der Waals surface area contributed by atoms with E-state index in [9.17, 15) is 0 Å². The average Bonchev–Trinajstić information content (AvgIpc) is 2.78. The van der Waals surface area contributed by atoms with Crippen molar-refractivity contribution >= 4 is 11.3 Å². The minimum atomic E-state index is 0.624. The van der Waals surface area contributed by atoms with Crippen LogP contribution in [0.25, 0.3) is 5.57 Å². The van der Waals surface area contributed by atoms with E-state index in [4.69, 9.17) is 5.21 Å². The molecule has 0 saturated heterocycles. The van der Waals surface area contributed by atoms with Gasteiger partial charge in [0, 0.05) is 5.56 Å². The predicted molar refractivity (Wildman–Crippen MR) is 68.3 cm³/mol. The minimum absolute atomic E-state index is 0.624. The van der Waals surface area contributed by atoms with Gasteiger partial charge in [-0.25, -0.2) is 0 Å². The smallest absolute Gasteiger partial charge is 0.111 e. The minimum Gasteiger partial charge on any atom is -0.410 e. The van der Waals surface area contributed by atoms with Crippen molar-refractivity contribution in [3.05, 3.63) is 77.4 Å². The molecule has 0 amide bonds. The Bertz CT molecular complexity index is 612. The van der Waals surface area contributed by atoms with Gasteiger partial charge in [0.2, 0.25) is 0 Å². The number of nitrogens with zero attached hydrogens (tertiary/aromatic N) is 1. The molecule has 0 spiro atoms. The van der Waals surface area contributed by atoms with Gasteiger partial charge in [-0.2, -0.15) is 0 Å². The van der Waals surface area contributed by atoms with Crippen LogP contribution in [0.5, 0.6) is 0 Å². The van der Waals surface area contributed by atoms with E-state index in [1.807, 2.05) is 48.5 Å². The Balaban J connectivity index is 2.21. The largest absolute Gasteiger partial charge is 0.410 e. The maximum atomic E-state index is 9.02. The summed E-state index contributed by atoms with van der Waals surface area (Å²) < 4.78 is 0. The van der Waals surface area contributed by atoms with Gasteiger partial charge < -0.3 is 5.21 Å². The number of allylic oxidation sites excluding steroid dienone is 1. The molecule has 17 heavy (non-hydrogen) atoms. The molecular weight excluding hydrogens is 210 g/mol. The molecule has 82 valence electrons. The van der Waals surface area contributed by atoms with E-state index >= 15 is 0 Å². The highest BCUT2D eigenvalue weighted by atomic mass is 16.4. The number of rotatable bonds is 1. The molecule has 2 aromatic carbocycles. The molecule has 0 radical (unpaired) electrons. The van der Waals surface area contributed by atoms with Gasteiger partial charge in [0.15, 0.2) is 0 Å². The van der Waals surface area contributed by atoms with E-state index in [1.165, 1.54) is 0 Å². The first kappa shape index (κ1) is 9.85. The monoisotopic (exact) mass is 221 g/mol. The molecule has 1 N–H and O–H groups in total. The van der Waals surface area contributed by atoms with Crippen molar-refractivity contribution in [1.29, 1.82) is 0 Å². The lowest BCUT2D eigenvalue weighted by Crippen LogP contribution is -1.92. The van der Waals surface area contributed by atoms with Crippen LogP contribution in [0.2, 0.25) is 0 Å². The van der Waals surface area contributed by atoms with Crippen molar-refractivity contribution in [1.82, 2.24) is 0 Å². The summed E-state index contributed by atoms with van der Waals surface area (Å²) in [7, 11) is 0. The SMILES string of the molecule is O/N=C1\C=C(c2ccccc2)c2ccccc21. The number of fused-ring (bicyclic) bond motifs is 1. The van der Waals surface area contributed by atoms with Gasteiger partial charge in [-0.15, -0.1) is 0 Å². The Morgan fingerprint density at radius 3 is 2.12 bits per heavy atom. The molecule has 3 rings (SSSR count). The van der Waals surface area contributed by atoms with Gasteiger partial charge in [0.05, 0.1) is 0 Å². The normalized spacial score (nSPS) is 15.8. The third-order valence-electron chi connectivity index (χ3n) is 2.97. The molecule has 2 heteroatoms. The standard InChI is InChI=1S/C15H11NO/c17-16-15-10-14(11-6-2-1-3-7-11)12-8-4-5-9-13(12)15/h1-10,17H/b16-15+. The Hall–Kier alpha value is -2.35. The zero-order valence-electron chi connectivity index (χ0n) is 9.17. The van der Waals surface area contributed by atoms with Crippen molar-refractivity contribution < 1.29 is 5.21 Å². The van der Waals surface area contributed by atoms with Crippen LogP contribution in [0.1, 0.15) is 16.7 Å². The zero-order chi connectivity index (χ0) is 11.7. The first-order valence-corrected chi connectivity index (χ1v) is 5.49. The Kier molecular flexibility index (Phi) is 2.26. The fraction of sp³-hybridized carbons (Fsp3) is 0. The second-order valence-electron chi connectivity index (χ2n) is 3.95. The second-order valence-corrected chi connectivity index (χ2v) is 3.95. The van der Waals surface area contributed by atoms with Crippen LogP contribution in [0.4, 0.5) is 0 Å². The number of benzene rings is 2. The Labute approximate surface area is 99.5 Å². The molecule has 0 bridgehead atoms. The predicted octanol–water partition coefficient (Wildman–Crippen LogP) is 3.31. The van der Waals surface area contributed by atoms with Gasteiger partial charge in [-0.05, 0) is 22.8 Å². The molecule has 0 atom stereocenters. The van der Waals surface area contributed by atoms with Crippen LogP contribution in [0, 0.1) is 0 Å². The zero-order valence-corrected chi connectivity index (χ0v) is 9.17.